The average molecular weight is 274 g/mol. The van der Waals surface area contributed by atoms with Crippen LogP contribution in [-0.4, -0.2) is 5.91 Å². The lowest BCUT2D eigenvalue weighted by Gasteiger charge is -2.06. The third-order valence-corrected chi connectivity index (χ3v) is 2.60. The molecule has 96 valence electrons. The molecule has 0 atom stereocenters. The minimum atomic E-state index is -0.482. The summed E-state index contributed by atoms with van der Waals surface area (Å²) >= 11 is 5.80. The SMILES string of the molecule is NC(=O)/C=C\c1cccc(Oc2ccc(Cl)cc2)c1. The third-order valence-electron chi connectivity index (χ3n) is 2.35. The van der Waals surface area contributed by atoms with Crippen LogP contribution in [0.2, 0.25) is 5.02 Å². The molecule has 0 spiro atoms. The molecule has 19 heavy (non-hydrogen) atoms. The first-order valence-electron chi connectivity index (χ1n) is 5.64. The van der Waals surface area contributed by atoms with Gasteiger partial charge >= 0.3 is 0 Å². The molecule has 1 amide bonds. The second-order valence-electron chi connectivity index (χ2n) is 3.86. The molecule has 0 radical (unpaired) electrons. The van der Waals surface area contributed by atoms with Gasteiger partial charge in [0.15, 0.2) is 0 Å². The number of nitrogens with two attached hydrogens (primary N) is 1. The van der Waals surface area contributed by atoms with Gasteiger partial charge in [-0.1, -0.05) is 23.7 Å². The van der Waals surface area contributed by atoms with E-state index in [1.54, 1.807) is 30.3 Å². The highest BCUT2D eigenvalue weighted by molar-refractivity contribution is 6.30. The predicted molar refractivity (Wildman–Crippen MR) is 76.2 cm³/mol. The summed E-state index contributed by atoms with van der Waals surface area (Å²) < 4.78 is 5.67. The van der Waals surface area contributed by atoms with Gasteiger partial charge in [0.05, 0.1) is 0 Å². The lowest BCUT2D eigenvalue weighted by Crippen LogP contribution is -2.05. The number of primary amides is 1. The molecule has 0 unspecified atom stereocenters. The number of rotatable bonds is 4. The standard InChI is InChI=1S/C15H12ClNO2/c16-12-5-7-13(8-6-12)19-14-3-1-2-11(10-14)4-9-15(17)18/h1-10H,(H2,17,18)/b9-4-. The molecular formula is C15H12ClNO2. The average Bonchev–Trinajstić information content (AvgIpc) is 2.40. The normalized spacial score (nSPS) is 10.6. The molecule has 2 aromatic rings. The molecule has 4 heteroatoms. The number of hydrogen-bond donors (Lipinski definition) is 1. The van der Waals surface area contributed by atoms with Crippen molar-refractivity contribution >= 4 is 23.6 Å². The van der Waals surface area contributed by atoms with E-state index in [1.165, 1.54) is 6.08 Å². The molecule has 0 fully saturated rings. The second-order valence-corrected chi connectivity index (χ2v) is 4.30. The Labute approximate surface area is 116 Å². The van der Waals surface area contributed by atoms with Gasteiger partial charge in [-0.3, -0.25) is 4.79 Å². The van der Waals surface area contributed by atoms with E-state index >= 15 is 0 Å². The molecule has 2 N–H and O–H groups in total. The fourth-order valence-electron chi connectivity index (χ4n) is 1.50. The molecule has 3 nitrogen and oxygen atoms in total. The van der Waals surface area contributed by atoms with Gasteiger partial charge in [0.1, 0.15) is 11.5 Å². The van der Waals surface area contributed by atoms with Crippen LogP contribution in [0.5, 0.6) is 11.5 Å². The van der Waals surface area contributed by atoms with E-state index in [9.17, 15) is 4.79 Å². The van der Waals surface area contributed by atoms with Crippen LogP contribution in [0.3, 0.4) is 0 Å². The molecule has 0 saturated carbocycles. The Balaban J connectivity index is 2.15. The number of carbonyl (C=O) groups excluding carboxylic acids is 1. The van der Waals surface area contributed by atoms with Crippen molar-refractivity contribution in [2.45, 2.75) is 0 Å². The zero-order valence-electron chi connectivity index (χ0n) is 10.0. The maximum atomic E-state index is 10.7. The largest absolute Gasteiger partial charge is 0.457 e. The van der Waals surface area contributed by atoms with Crippen molar-refractivity contribution in [3.63, 3.8) is 0 Å². The Morgan fingerprint density at radius 2 is 1.84 bits per heavy atom. The van der Waals surface area contributed by atoms with E-state index < -0.39 is 5.91 Å². The number of benzene rings is 2. The number of hydrogen-bond acceptors (Lipinski definition) is 2. The van der Waals surface area contributed by atoms with Crippen molar-refractivity contribution < 1.29 is 9.53 Å². The number of carbonyl (C=O) groups is 1. The quantitative estimate of drug-likeness (QED) is 0.865. The van der Waals surface area contributed by atoms with Crippen molar-refractivity contribution in [1.82, 2.24) is 0 Å². The van der Waals surface area contributed by atoms with Crippen molar-refractivity contribution in [1.29, 1.82) is 0 Å². The number of halogens is 1. The summed E-state index contributed by atoms with van der Waals surface area (Å²) in [6.45, 7) is 0. The summed E-state index contributed by atoms with van der Waals surface area (Å²) in [5, 5.41) is 0.658. The lowest BCUT2D eigenvalue weighted by molar-refractivity contribution is -0.113. The van der Waals surface area contributed by atoms with E-state index in [-0.39, 0.29) is 0 Å². The van der Waals surface area contributed by atoms with Crippen molar-refractivity contribution in [3.8, 4) is 11.5 Å². The molecule has 0 aliphatic carbocycles. The van der Waals surface area contributed by atoms with Gasteiger partial charge in [-0.25, -0.2) is 0 Å². The van der Waals surface area contributed by atoms with E-state index in [4.69, 9.17) is 22.1 Å². The zero-order chi connectivity index (χ0) is 13.7. The van der Waals surface area contributed by atoms with Crippen LogP contribution >= 0.6 is 11.6 Å². The van der Waals surface area contributed by atoms with Gasteiger partial charge in [0.25, 0.3) is 0 Å². The van der Waals surface area contributed by atoms with Crippen LogP contribution in [0.15, 0.2) is 54.6 Å². The molecule has 2 aromatic carbocycles. The second kappa shape index (κ2) is 6.07. The minimum Gasteiger partial charge on any atom is -0.457 e. The zero-order valence-corrected chi connectivity index (χ0v) is 10.8. The summed E-state index contributed by atoms with van der Waals surface area (Å²) in [7, 11) is 0. The Morgan fingerprint density at radius 3 is 2.53 bits per heavy atom. The Bertz CT molecular complexity index is 606. The monoisotopic (exact) mass is 273 g/mol. The van der Waals surface area contributed by atoms with Gasteiger partial charge < -0.3 is 10.5 Å². The molecule has 0 aliphatic heterocycles. The van der Waals surface area contributed by atoms with Crippen LogP contribution in [0, 0.1) is 0 Å². The lowest BCUT2D eigenvalue weighted by atomic mass is 10.2. The summed E-state index contributed by atoms with van der Waals surface area (Å²) in [6.07, 6.45) is 2.94. The number of ether oxygens (including phenoxy) is 1. The van der Waals surface area contributed by atoms with Crippen molar-refractivity contribution in [3.05, 3.63) is 65.2 Å². The minimum absolute atomic E-state index is 0.482. The fourth-order valence-corrected chi connectivity index (χ4v) is 1.62. The summed E-state index contributed by atoms with van der Waals surface area (Å²) in [5.41, 5.74) is 5.88. The van der Waals surface area contributed by atoms with Gasteiger partial charge in [-0.05, 0) is 48.0 Å². The van der Waals surface area contributed by atoms with Gasteiger partial charge in [0, 0.05) is 11.1 Å². The highest BCUT2D eigenvalue weighted by Crippen LogP contribution is 2.24. The van der Waals surface area contributed by atoms with E-state index in [2.05, 4.69) is 0 Å². The Kier molecular flexibility index (Phi) is 4.21. The van der Waals surface area contributed by atoms with Crippen LogP contribution in [0.4, 0.5) is 0 Å². The molecule has 0 aliphatic rings. The molecule has 0 saturated heterocycles. The maximum absolute atomic E-state index is 10.7. The highest BCUT2D eigenvalue weighted by Gasteiger charge is 1.98. The third kappa shape index (κ3) is 4.16. The molecule has 0 bridgehead atoms. The van der Waals surface area contributed by atoms with Crippen LogP contribution < -0.4 is 10.5 Å². The Morgan fingerprint density at radius 1 is 1.11 bits per heavy atom. The Hall–Kier alpha value is -2.26. The fraction of sp³-hybridized carbons (Fsp3) is 0. The van der Waals surface area contributed by atoms with Gasteiger partial charge in [-0.15, -0.1) is 0 Å². The molecular weight excluding hydrogens is 262 g/mol. The topological polar surface area (TPSA) is 52.3 Å². The maximum Gasteiger partial charge on any atom is 0.241 e. The first-order chi connectivity index (χ1) is 9.13. The summed E-state index contributed by atoms with van der Waals surface area (Å²) in [5.74, 6) is 0.887. The predicted octanol–water partition coefficient (Wildman–Crippen LogP) is 3.63. The molecule has 0 heterocycles. The van der Waals surface area contributed by atoms with E-state index in [0.717, 1.165) is 5.56 Å². The number of amides is 1. The van der Waals surface area contributed by atoms with Gasteiger partial charge in [0.2, 0.25) is 5.91 Å². The summed E-state index contributed by atoms with van der Waals surface area (Å²) in [6, 6.07) is 14.4. The van der Waals surface area contributed by atoms with Crippen molar-refractivity contribution in [2.24, 2.45) is 5.73 Å². The first kappa shape index (κ1) is 13.2. The van der Waals surface area contributed by atoms with Crippen LogP contribution in [0.25, 0.3) is 6.08 Å². The summed E-state index contributed by atoms with van der Waals surface area (Å²) in [4.78, 5) is 10.7. The molecule has 2 rings (SSSR count). The van der Waals surface area contributed by atoms with Crippen LogP contribution in [-0.2, 0) is 4.79 Å². The highest BCUT2D eigenvalue weighted by atomic mass is 35.5. The van der Waals surface area contributed by atoms with E-state index in [0.29, 0.717) is 16.5 Å². The van der Waals surface area contributed by atoms with E-state index in [1.807, 2.05) is 24.3 Å². The van der Waals surface area contributed by atoms with Crippen LogP contribution in [0.1, 0.15) is 5.56 Å². The van der Waals surface area contributed by atoms with Crippen molar-refractivity contribution in [2.75, 3.05) is 0 Å². The molecule has 0 aromatic heterocycles. The van der Waals surface area contributed by atoms with Gasteiger partial charge in [-0.2, -0.15) is 0 Å². The smallest absolute Gasteiger partial charge is 0.241 e. The first-order valence-corrected chi connectivity index (χ1v) is 6.02.